The van der Waals surface area contributed by atoms with Gasteiger partial charge in [0, 0.05) is 0 Å². The summed E-state index contributed by atoms with van der Waals surface area (Å²) in [5.74, 6) is -1.51. The second kappa shape index (κ2) is 9.52. The fourth-order valence-electron chi connectivity index (χ4n) is 3.01. The predicted octanol–water partition coefficient (Wildman–Crippen LogP) is 4.11. The average molecular weight is 403 g/mol. The van der Waals surface area contributed by atoms with E-state index in [0.29, 0.717) is 0 Å². The Balaban J connectivity index is 1.76. The van der Waals surface area contributed by atoms with Crippen LogP contribution in [0.15, 0.2) is 72.8 Å². The first kappa shape index (κ1) is 20.8. The molecule has 1 N–H and O–H groups in total. The predicted molar refractivity (Wildman–Crippen MR) is 113 cm³/mol. The highest BCUT2D eigenvalue weighted by molar-refractivity contribution is 6.03. The Morgan fingerprint density at radius 2 is 1.40 bits per heavy atom. The second-order valence-corrected chi connectivity index (χ2v) is 6.53. The van der Waals surface area contributed by atoms with Crippen molar-refractivity contribution in [1.82, 2.24) is 0 Å². The Bertz CT molecular complexity index is 1060. The summed E-state index contributed by atoms with van der Waals surface area (Å²) in [5.41, 5.74) is 3.52. The van der Waals surface area contributed by atoms with E-state index in [9.17, 15) is 14.4 Å². The Morgan fingerprint density at radius 3 is 2.03 bits per heavy atom. The summed E-state index contributed by atoms with van der Waals surface area (Å²) < 4.78 is 9.45. The minimum absolute atomic E-state index is 0.109. The van der Waals surface area contributed by atoms with Gasteiger partial charge in [0.1, 0.15) is 0 Å². The van der Waals surface area contributed by atoms with Gasteiger partial charge in [0.05, 0.1) is 37.5 Å². The van der Waals surface area contributed by atoms with Gasteiger partial charge >= 0.3 is 11.9 Å². The van der Waals surface area contributed by atoms with Crippen LogP contribution in [0.4, 0.5) is 5.69 Å². The van der Waals surface area contributed by atoms with Crippen LogP contribution >= 0.6 is 0 Å². The van der Waals surface area contributed by atoms with E-state index in [0.717, 1.165) is 16.7 Å². The maximum atomic E-state index is 12.6. The zero-order valence-electron chi connectivity index (χ0n) is 16.7. The van der Waals surface area contributed by atoms with Crippen LogP contribution in [-0.2, 0) is 20.7 Å². The number of anilines is 1. The Morgan fingerprint density at radius 1 is 0.767 bits per heavy atom. The smallest absolute Gasteiger partial charge is 0.339 e. The third-order valence-electron chi connectivity index (χ3n) is 4.55. The SMILES string of the molecule is COC(=O)c1ccc(C(=O)OC)c(NC(=O)Cc2ccc(-c3ccccc3)cc2)c1. The van der Waals surface area contributed by atoms with Gasteiger partial charge in [-0.05, 0) is 34.9 Å². The molecule has 0 atom stereocenters. The highest BCUT2D eigenvalue weighted by Gasteiger charge is 2.17. The van der Waals surface area contributed by atoms with Crippen LogP contribution in [0.1, 0.15) is 26.3 Å². The summed E-state index contributed by atoms with van der Waals surface area (Å²) in [4.78, 5) is 36.4. The number of carbonyl (C=O) groups is 3. The molecule has 0 saturated heterocycles. The molecule has 152 valence electrons. The van der Waals surface area contributed by atoms with Crippen LogP contribution in [0.3, 0.4) is 0 Å². The Kier molecular flexibility index (Phi) is 6.60. The fourth-order valence-corrected chi connectivity index (χ4v) is 3.01. The number of hydrogen-bond donors (Lipinski definition) is 1. The lowest BCUT2D eigenvalue weighted by Crippen LogP contribution is -2.18. The molecule has 0 aliphatic carbocycles. The highest BCUT2D eigenvalue weighted by Crippen LogP contribution is 2.22. The summed E-state index contributed by atoms with van der Waals surface area (Å²) in [6.07, 6.45) is 0.109. The number of amides is 1. The fraction of sp³-hybridized carbons (Fsp3) is 0.125. The summed E-state index contributed by atoms with van der Waals surface area (Å²) in [5, 5.41) is 2.69. The molecule has 3 aromatic carbocycles. The van der Waals surface area contributed by atoms with Gasteiger partial charge < -0.3 is 14.8 Å². The molecular weight excluding hydrogens is 382 g/mol. The maximum absolute atomic E-state index is 12.6. The molecule has 0 heterocycles. The number of esters is 2. The van der Waals surface area contributed by atoms with E-state index in [1.54, 1.807) is 0 Å². The van der Waals surface area contributed by atoms with Crippen molar-refractivity contribution >= 4 is 23.5 Å². The monoisotopic (exact) mass is 403 g/mol. The van der Waals surface area contributed by atoms with Crippen molar-refractivity contribution in [2.45, 2.75) is 6.42 Å². The van der Waals surface area contributed by atoms with E-state index in [1.165, 1.54) is 32.4 Å². The minimum atomic E-state index is -0.617. The molecule has 0 aliphatic heterocycles. The average Bonchev–Trinajstić information content (AvgIpc) is 2.79. The summed E-state index contributed by atoms with van der Waals surface area (Å²) in [6.45, 7) is 0. The molecule has 0 fully saturated rings. The number of benzene rings is 3. The van der Waals surface area contributed by atoms with Crippen molar-refractivity contribution in [2.24, 2.45) is 0 Å². The van der Waals surface area contributed by atoms with Crippen molar-refractivity contribution < 1.29 is 23.9 Å². The number of methoxy groups -OCH3 is 2. The first-order chi connectivity index (χ1) is 14.5. The van der Waals surface area contributed by atoms with Gasteiger partial charge in [0.25, 0.3) is 0 Å². The van der Waals surface area contributed by atoms with Crippen LogP contribution in [0, 0.1) is 0 Å². The van der Waals surface area contributed by atoms with Crippen molar-refractivity contribution in [1.29, 1.82) is 0 Å². The largest absolute Gasteiger partial charge is 0.465 e. The van der Waals surface area contributed by atoms with E-state index < -0.39 is 11.9 Å². The molecule has 6 heteroatoms. The third kappa shape index (κ3) is 4.91. The summed E-state index contributed by atoms with van der Waals surface area (Å²) >= 11 is 0. The second-order valence-electron chi connectivity index (χ2n) is 6.53. The number of ether oxygens (including phenoxy) is 2. The van der Waals surface area contributed by atoms with E-state index in [2.05, 4.69) is 5.32 Å². The van der Waals surface area contributed by atoms with Crippen LogP contribution < -0.4 is 5.32 Å². The van der Waals surface area contributed by atoms with Gasteiger partial charge in [-0.3, -0.25) is 4.79 Å². The zero-order chi connectivity index (χ0) is 21.5. The molecular formula is C24H21NO5. The lowest BCUT2D eigenvalue weighted by Gasteiger charge is -2.12. The molecule has 6 nitrogen and oxygen atoms in total. The molecule has 0 aliphatic rings. The molecule has 1 amide bonds. The standard InChI is InChI=1S/C24H21NO5/c1-29-23(27)19-12-13-20(24(28)30-2)21(15-19)25-22(26)14-16-8-10-18(11-9-16)17-6-4-3-5-7-17/h3-13,15H,14H2,1-2H3,(H,25,26). The van der Waals surface area contributed by atoms with E-state index in [-0.39, 0.29) is 29.1 Å². The van der Waals surface area contributed by atoms with Crippen molar-refractivity contribution in [3.63, 3.8) is 0 Å². The van der Waals surface area contributed by atoms with Gasteiger partial charge in [0.15, 0.2) is 0 Å². The molecule has 3 aromatic rings. The van der Waals surface area contributed by atoms with Gasteiger partial charge in [-0.15, -0.1) is 0 Å². The molecule has 0 radical (unpaired) electrons. The van der Waals surface area contributed by atoms with Crippen molar-refractivity contribution in [2.75, 3.05) is 19.5 Å². The topological polar surface area (TPSA) is 81.7 Å². The normalized spacial score (nSPS) is 10.2. The number of rotatable bonds is 6. The van der Waals surface area contributed by atoms with E-state index >= 15 is 0 Å². The molecule has 30 heavy (non-hydrogen) atoms. The maximum Gasteiger partial charge on any atom is 0.339 e. The molecule has 0 saturated carbocycles. The van der Waals surface area contributed by atoms with Crippen LogP contribution in [0.25, 0.3) is 11.1 Å². The zero-order valence-corrected chi connectivity index (χ0v) is 16.7. The molecule has 0 spiro atoms. The number of hydrogen-bond acceptors (Lipinski definition) is 5. The summed E-state index contributed by atoms with van der Waals surface area (Å²) in [7, 11) is 2.50. The molecule has 0 unspecified atom stereocenters. The highest BCUT2D eigenvalue weighted by atomic mass is 16.5. The number of carbonyl (C=O) groups excluding carboxylic acids is 3. The third-order valence-corrected chi connectivity index (χ3v) is 4.55. The molecule has 0 aromatic heterocycles. The minimum Gasteiger partial charge on any atom is -0.465 e. The first-order valence-electron chi connectivity index (χ1n) is 9.26. The summed E-state index contributed by atoms with van der Waals surface area (Å²) in [6, 6.07) is 21.9. The lowest BCUT2D eigenvalue weighted by molar-refractivity contribution is -0.115. The van der Waals surface area contributed by atoms with Crippen molar-refractivity contribution in [3.05, 3.63) is 89.5 Å². The molecule has 3 rings (SSSR count). The van der Waals surface area contributed by atoms with Gasteiger partial charge in [0.2, 0.25) is 5.91 Å². The molecule has 0 bridgehead atoms. The Labute approximate surface area is 174 Å². The van der Waals surface area contributed by atoms with Gasteiger partial charge in [-0.25, -0.2) is 9.59 Å². The van der Waals surface area contributed by atoms with Crippen LogP contribution in [0.5, 0.6) is 0 Å². The van der Waals surface area contributed by atoms with Crippen molar-refractivity contribution in [3.8, 4) is 11.1 Å². The van der Waals surface area contributed by atoms with Gasteiger partial charge in [-0.1, -0.05) is 54.6 Å². The quantitative estimate of drug-likeness (QED) is 0.627. The lowest BCUT2D eigenvalue weighted by atomic mass is 10.0. The number of nitrogens with one attached hydrogen (secondary N) is 1. The van der Waals surface area contributed by atoms with E-state index in [4.69, 9.17) is 9.47 Å². The van der Waals surface area contributed by atoms with Crippen LogP contribution in [-0.4, -0.2) is 32.1 Å². The Hall–Kier alpha value is -3.93. The van der Waals surface area contributed by atoms with Crippen LogP contribution in [0.2, 0.25) is 0 Å². The first-order valence-corrected chi connectivity index (χ1v) is 9.26. The van der Waals surface area contributed by atoms with Gasteiger partial charge in [-0.2, -0.15) is 0 Å². The van der Waals surface area contributed by atoms with E-state index in [1.807, 2.05) is 54.6 Å².